The van der Waals surface area contributed by atoms with Gasteiger partial charge < -0.3 is 0 Å². The monoisotopic (exact) mass is 134 g/mol. The van der Waals surface area contributed by atoms with E-state index >= 15 is 0 Å². The molecular formula is C10H14. The van der Waals surface area contributed by atoms with Crippen LogP contribution in [0.15, 0.2) is 36.5 Å². The molecule has 1 aliphatic rings. The third-order valence-corrected chi connectivity index (χ3v) is 1.84. The van der Waals surface area contributed by atoms with Crippen molar-refractivity contribution in [1.82, 2.24) is 0 Å². The third kappa shape index (κ3) is 1.87. The first-order chi connectivity index (χ1) is 4.74. The predicted octanol–water partition coefficient (Wildman–Crippen LogP) is 3.08. The molecule has 0 spiro atoms. The van der Waals surface area contributed by atoms with Gasteiger partial charge in [-0.2, -0.15) is 0 Å². The maximum absolute atomic E-state index is 3.98. The highest BCUT2D eigenvalue weighted by Crippen LogP contribution is 2.36. The van der Waals surface area contributed by atoms with E-state index in [-0.39, 0.29) is 0 Å². The van der Waals surface area contributed by atoms with Crippen LogP contribution in [0.25, 0.3) is 0 Å². The van der Waals surface area contributed by atoms with Crippen molar-refractivity contribution in [3.63, 3.8) is 0 Å². The van der Waals surface area contributed by atoms with Crippen LogP contribution in [0, 0.1) is 5.92 Å². The van der Waals surface area contributed by atoms with Crippen LogP contribution in [0.4, 0.5) is 0 Å². The average molecular weight is 134 g/mol. The fourth-order valence-corrected chi connectivity index (χ4v) is 0.923. The Balaban J connectivity index is 2.49. The molecule has 1 saturated carbocycles. The Kier molecular flexibility index (Phi) is 2.10. The summed E-state index contributed by atoms with van der Waals surface area (Å²) in [7, 11) is 0. The number of allylic oxidation sites excluding steroid dienone is 4. The normalized spacial score (nSPS) is 18.7. The van der Waals surface area contributed by atoms with Gasteiger partial charge in [-0.1, -0.05) is 36.5 Å². The molecule has 1 aliphatic carbocycles. The quantitative estimate of drug-likeness (QED) is 0.520. The molecule has 0 amide bonds. The highest BCUT2D eigenvalue weighted by Gasteiger charge is 2.22. The molecule has 1 fully saturated rings. The van der Waals surface area contributed by atoms with Gasteiger partial charge in [-0.3, -0.25) is 0 Å². The standard InChI is InChI=1S/C10H14/c1-4-8(2)7-9(3)10-5-6-10/h4,7,10H,1,3,5-6H2,2H3/b8-7-. The highest BCUT2D eigenvalue weighted by atomic mass is 14.3. The van der Waals surface area contributed by atoms with Gasteiger partial charge >= 0.3 is 0 Å². The Hall–Kier alpha value is -0.780. The van der Waals surface area contributed by atoms with Gasteiger partial charge in [-0.15, -0.1) is 0 Å². The minimum absolute atomic E-state index is 0.787. The lowest BCUT2D eigenvalue weighted by Crippen LogP contribution is -1.78. The maximum Gasteiger partial charge on any atom is -0.0167 e. The molecule has 0 nitrogen and oxygen atoms in total. The zero-order valence-electron chi connectivity index (χ0n) is 6.56. The molecule has 0 aromatic heterocycles. The molecule has 0 radical (unpaired) electrons. The fourth-order valence-electron chi connectivity index (χ4n) is 0.923. The smallest absolute Gasteiger partial charge is 0.0167 e. The number of rotatable bonds is 3. The predicted molar refractivity (Wildman–Crippen MR) is 45.8 cm³/mol. The molecule has 0 saturated heterocycles. The van der Waals surface area contributed by atoms with E-state index in [1.165, 1.54) is 24.0 Å². The van der Waals surface area contributed by atoms with Gasteiger partial charge in [0.1, 0.15) is 0 Å². The first-order valence-electron chi connectivity index (χ1n) is 3.73. The molecule has 1 rings (SSSR count). The largest absolute Gasteiger partial charge is 0.0988 e. The zero-order chi connectivity index (χ0) is 7.56. The van der Waals surface area contributed by atoms with Crippen LogP contribution in [0.2, 0.25) is 0 Å². The molecule has 10 heavy (non-hydrogen) atoms. The van der Waals surface area contributed by atoms with Crippen LogP contribution in [-0.2, 0) is 0 Å². The highest BCUT2D eigenvalue weighted by molar-refractivity contribution is 5.29. The first-order valence-corrected chi connectivity index (χ1v) is 3.73. The van der Waals surface area contributed by atoms with Crippen LogP contribution >= 0.6 is 0 Å². The fraction of sp³-hybridized carbons (Fsp3) is 0.400. The summed E-state index contributed by atoms with van der Waals surface area (Å²) in [5, 5.41) is 0. The molecule has 0 aromatic rings. The lowest BCUT2D eigenvalue weighted by Gasteiger charge is -1.95. The van der Waals surface area contributed by atoms with E-state index in [1.54, 1.807) is 0 Å². The topological polar surface area (TPSA) is 0 Å². The SMILES string of the molecule is C=C/C(C)=C\C(=C)C1CC1. The van der Waals surface area contributed by atoms with Crippen molar-refractivity contribution in [3.05, 3.63) is 36.5 Å². The van der Waals surface area contributed by atoms with Crippen molar-refractivity contribution >= 4 is 0 Å². The Morgan fingerprint density at radius 1 is 1.50 bits per heavy atom. The van der Waals surface area contributed by atoms with Gasteiger partial charge in [0.2, 0.25) is 0 Å². The molecule has 0 heteroatoms. The molecule has 0 bridgehead atoms. The minimum Gasteiger partial charge on any atom is -0.0988 e. The second kappa shape index (κ2) is 2.87. The van der Waals surface area contributed by atoms with E-state index in [1.807, 2.05) is 6.08 Å². The van der Waals surface area contributed by atoms with Crippen molar-refractivity contribution in [2.45, 2.75) is 19.8 Å². The van der Waals surface area contributed by atoms with E-state index < -0.39 is 0 Å². The van der Waals surface area contributed by atoms with E-state index in [9.17, 15) is 0 Å². The van der Waals surface area contributed by atoms with Crippen LogP contribution in [0.1, 0.15) is 19.8 Å². The molecule has 54 valence electrons. The first kappa shape index (κ1) is 7.33. The average Bonchev–Trinajstić information content (AvgIpc) is 2.68. The van der Waals surface area contributed by atoms with Crippen molar-refractivity contribution in [2.24, 2.45) is 5.92 Å². The molecule has 0 aliphatic heterocycles. The van der Waals surface area contributed by atoms with Crippen molar-refractivity contribution in [1.29, 1.82) is 0 Å². The second-order valence-electron chi connectivity index (χ2n) is 2.94. The van der Waals surface area contributed by atoms with Gasteiger partial charge in [-0.05, 0) is 25.7 Å². The summed E-state index contributed by atoms with van der Waals surface area (Å²) >= 11 is 0. The molecule has 0 unspecified atom stereocenters. The Labute approximate surface area is 62.9 Å². The summed E-state index contributed by atoms with van der Waals surface area (Å²) < 4.78 is 0. The van der Waals surface area contributed by atoms with Crippen molar-refractivity contribution < 1.29 is 0 Å². The molecule has 0 aromatic carbocycles. The second-order valence-corrected chi connectivity index (χ2v) is 2.94. The molecular weight excluding hydrogens is 120 g/mol. The van der Waals surface area contributed by atoms with Crippen molar-refractivity contribution in [2.75, 3.05) is 0 Å². The number of hydrogen-bond acceptors (Lipinski definition) is 0. The maximum atomic E-state index is 3.98. The van der Waals surface area contributed by atoms with Gasteiger partial charge in [-0.25, -0.2) is 0 Å². The summed E-state index contributed by atoms with van der Waals surface area (Å²) in [6, 6.07) is 0. The summed E-state index contributed by atoms with van der Waals surface area (Å²) in [6.45, 7) is 9.72. The van der Waals surface area contributed by atoms with Crippen LogP contribution in [0.5, 0.6) is 0 Å². The number of hydrogen-bond donors (Lipinski definition) is 0. The third-order valence-electron chi connectivity index (χ3n) is 1.84. The molecule has 0 atom stereocenters. The summed E-state index contributed by atoms with van der Waals surface area (Å²) in [4.78, 5) is 0. The van der Waals surface area contributed by atoms with Gasteiger partial charge in [0, 0.05) is 0 Å². The zero-order valence-corrected chi connectivity index (χ0v) is 6.56. The summed E-state index contributed by atoms with van der Waals surface area (Å²) in [6.07, 6.45) is 6.66. The summed E-state index contributed by atoms with van der Waals surface area (Å²) in [5.41, 5.74) is 2.49. The van der Waals surface area contributed by atoms with Crippen molar-refractivity contribution in [3.8, 4) is 0 Å². The molecule has 0 N–H and O–H groups in total. The lowest BCUT2D eigenvalue weighted by atomic mass is 10.1. The van der Waals surface area contributed by atoms with E-state index in [0.29, 0.717) is 0 Å². The van der Waals surface area contributed by atoms with E-state index in [2.05, 4.69) is 26.2 Å². The minimum atomic E-state index is 0.787. The van der Waals surface area contributed by atoms with Gasteiger partial charge in [0.15, 0.2) is 0 Å². The van der Waals surface area contributed by atoms with E-state index in [0.717, 1.165) is 5.92 Å². The van der Waals surface area contributed by atoms with Crippen LogP contribution in [-0.4, -0.2) is 0 Å². The Morgan fingerprint density at radius 2 is 2.10 bits per heavy atom. The van der Waals surface area contributed by atoms with Gasteiger partial charge in [0.05, 0.1) is 0 Å². The molecule has 0 heterocycles. The Morgan fingerprint density at radius 3 is 2.50 bits per heavy atom. The lowest BCUT2D eigenvalue weighted by molar-refractivity contribution is 1.05. The van der Waals surface area contributed by atoms with E-state index in [4.69, 9.17) is 0 Å². The van der Waals surface area contributed by atoms with Crippen LogP contribution in [0.3, 0.4) is 0 Å². The Bertz CT molecular complexity index is 180. The van der Waals surface area contributed by atoms with Gasteiger partial charge in [0.25, 0.3) is 0 Å². The summed E-state index contributed by atoms with van der Waals surface area (Å²) in [5.74, 6) is 0.787. The van der Waals surface area contributed by atoms with Crippen LogP contribution < -0.4 is 0 Å².